The third kappa shape index (κ3) is 3.43. The summed E-state index contributed by atoms with van der Waals surface area (Å²) in [6.07, 6.45) is 3.65. The molecule has 0 unspecified atom stereocenters. The molecule has 2 rings (SSSR count). The van der Waals surface area contributed by atoms with Crippen molar-refractivity contribution in [1.29, 1.82) is 0 Å². The number of ether oxygens (including phenoxy) is 1. The van der Waals surface area contributed by atoms with E-state index >= 15 is 0 Å². The van der Waals surface area contributed by atoms with Gasteiger partial charge in [-0.3, -0.25) is 0 Å². The highest BCUT2D eigenvalue weighted by molar-refractivity contribution is 5.97. The maximum atomic E-state index is 13.7. The van der Waals surface area contributed by atoms with Crippen molar-refractivity contribution in [2.24, 2.45) is 16.8 Å². The molecule has 1 fully saturated rings. The second-order valence-electron chi connectivity index (χ2n) is 4.58. The molecule has 1 aliphatic carbocycles. The van der Waals surface area contributed by atoms with Crippen molar-refractivity contribution in [3.05, 3.63) is 35.1 Å². The lowest BCUT2D eigenvalue weighted by atomic mass is 10.1. The Bertz CT molecular complexity index is 445. The standard InChI is InChI=1S/C13H17FN2O2/c14-12-7-10(13(15)16-17)3-4-11(12)8-18-6-5-9-1-2-9/h3-4,7,9,17H,1-2,5-6,8H2,(H2,15,16). The SMILES string of the molecule is N/C(=N/O)c1ccc(COCCC2CC2)c(F)c1. The second-order valence-corrected chi connectivity index (χ2v) is 4.58. The first-order valence-electron chi connectivity index (χ1n) is 6.04. The Hall–Kier alpha value is -1.62. The lowest BCUT2D eigenvalue weighted by Gasteiger charge is -2.06. The molecular weight excluding hydrogens is 235 g/mol. The molecule has 5 heteroatoms. The summed E-state index contributed by atoms with van der Waals surface area (Å²) >= 11 is 0. The first kappa shape index (κ1) is 12.8. The average molecular weight is 252 g/mol. The van der Waals surface area contributed by atoms with Gasteiger partial charge in [-0.1, -0.05) is 30.1 Å². The lowest BCUT2D eigenvalue weighted by molar-refractivity contribution is 0.113. The Morgan fingerprint density at radius 1 is 1.50 bits per heavy atom. The van der Waals surface area contributed by atoms with Gasteiger partial charge in [0.25, 0.3) is 0 Å². The predicted molar refractivity (Wildman–Crippen MR) is 65.9 cm³/mol. The fourth-order valence-corrected chi connectivity index (χ4v) is 1.72. The maximum Gasteiger partial charge on any atom is 0.170 e. The van der Waals surface area contributed by atoms with Crippen LogP contribution in [0.4, 0.5) is 4.39 Å². The molecule has 0 saturated heterocycles. The molecule has 1 aromatic rings. The molecule has 4 nitrogen and oxygen atoms in total. The maximum absolute atomic E-state index is 13.7. The van der Waals surface area contributed by atoms with Crippen molar-refractivity contribution >= 4 is 5.84 Å². The molecular formula is C13H17FN2O2. The summed E-state index contributed by atoms with van der Waals surface area (Å²) in [6, 6.07) is 4.45. The molecule has 0 atom stereocenters. The number of rotatable bonds is 6. The summed E-state index contributed by atoms with van der Waals surface area (Å²) < 4.78 is 19.1. The van der Waals surface area contributed by atoms with Crippen molar-refractivity contribution < 1.29 is 14.3 Å². The topological polar surface area (TPSA) is 67.8 Å². The van der Waals surface area contributed by atoms with E-state index in [-0.39, 0.29) is 12.4 Å². The zero-order chi connectivity index (χ0) is 13.0. The van der Waals surface area contributed by atoms with Crippen LogP contribution in [0.15, 0.2) is 23.4 Å². The Morgan fingerprint density at radius 2 is 2.28 bits per heavy atom. The van der Waals surface area contributed by atoms with E-state index in [9.17, 15) is 4.39 Å². The third-order valence-corrected chi connectivity index (χ3v) is 3.08. The van der Waals surface area contributed by atoms with Gasteiger partial charge in [-0.05, 0) is 18.4 Å². The monoisotopic (exact) mass is 252 g/mol. The highest BCUT2D eigenvalue weighted by Crippen LogP contribution is 2.32. The van der Waals surface area contributed by atoms with Crippen molar-refractivity contribution in [3.8, 4) is 0 Å². The number of halogens is 1. The molecule has 1 aromatic carbocycles. The Labute approximate surface area is 105 Å². The fraction of sp³-hybridized carbons (Fsp3) is 0.462. The zero-order valence-corrected chi connectivity index (χ0v) is 10.1. The summed E-state index contributed by atoms with van der Waals surface area (Å²) in [5.74, 6) is 0.318. The minimum atomic E-state index is -0.398. The first-order valence-corrected chi connectivity index (χ1v) is 6.04. The third-order valence-electron chi connectivity index (χ3n) is 3.08. The van der Waals surface area contributed by atoms with Gasteiger partial charge in [0.15, 0.2) is 5.84 Å². The van der Waals surface area contributed by atoms with E-state index in [1.54, 1.807) is 12.1 Å². The fourth-order valence-electron chi connectivity index (χ4n) is 1.72. The van der Waals surface area contributed by atoms with Crippen LogP contribution in [0.2, 0.25) is 0 Å². The molecule has 0 amide bonds. The van der Waals surface area contributed by atoms with Crippen molar-refractivity contribution in [3.63, 3.8) is 0 Å². The predicted octanol–water partition coefficient (Wildman–Crippen LogP) is 2.24. The van der Waals surface area contributed by atoms with Gasteiger partial charge >= 0.3 is 0 Å². The van der Waals surface area contributed by atoms with Gasteiger partial charge in [0.05, 0.1) is 6.61 Å². The van der Waals surface area contributed by atoms with Gasteiger partial charge in [-0.2, -0.15) is 0 Å². The van der Waals surface area contributed by atoms with Gasteiger partial charge in [0.2, 0.25) is 0 Å². The molecule has 0 aromatic heterocycles. The summed E-state index contributed by atoms with van der Waals surface area (Å²) in [4.78, 5) is 0. The normalized spacial score (nSPS) is 15.9. The number of hydrogen-bond acceptors (Lipinski definition) is 3. The minimum Gasteiger partial charge on any atom is -0.409 e. The quantitative estimate of drug-likeness (QED) is 0.268. The number of benzene rings is 1. The summed E-state index contributed by atoms with van der Waals surface area (Å²) in [5.41, 5.74) is 6.22. The van der Waals surface area contributed by atoms with Crippen LogP contribution in [0, 0.1) is 11.7 Å². The van der Waals surface area contributed by atoms with Gasteiger partial charge in [0.1, 0.15) is 5.82 Å². The largest absolute Gasteiger partial charge is 0.409 e. The molecule has 98 valence electrons. The number of amidine groups is 1. The molecule has 0 radical (unpaired) electrons. The zero-order valence-electron chi connectivity index (χ0n) is 10.1. The van der Waals surface area contributed by atoms with Crippen LogP contribution in [0.25, 0.3) is 0 Å². The van der Waals surface area contributed by atoms with E-state index in [2.05, 4.69) is 5.16 Å². The molecule has 0 spiro atoms. The summed E-state index contributed by atoms with van der Waals surface area (Å²) in [5, 5.41) is 11.3. The highest BCUT2D eigenvalue weighted by Gasteiger charge is 2.20. The molecule has 0 bridgehead atoms. The van der Waals surface area contributed by atoms with E-state index in [0.717, 1.165) is 12.3 Å². The van der Waals surface area contributed by atoms with E-state index in [0.29, 0.717) is 17.7 Å². The molecule has 0 heterocycles. The Morgan fingerprint density at radius 3 is 2.89 bits per heavy atom. The molecule has 18 heavy (non-hydrogen) atoms. The van der Waals surface area contributed by atoms with Gasteiger partial charge in [-0.15, -0.1) is 0 Å². The second kappa shape index (κ2) is 5.82. The average Bonchev–Trinajstić information content (AvgIpc) is 3.19. The van der Waals surface area contributed by atoms with Crippen LogP contribution in [-0.2, 0) is 11.3 Å². The van der Waals surface area contributed by atoms with Crippen molar-refractivity contribution in [2.45, 2.75) is 25.9 Å². The van der Waals surface area contributed by atoms with Crippen molar-refractivity contribution in [2.75, 3.05) is 6.61 Å². The number of nitrogens with two attached hydrogens (primary N) is 1. The van der Waals surface area contributed by atoms with E-state index in [1.165, 1.54) is 18.9 Å². The number of hydrogen-bond donors (Lipinski definition) is 2. The molecule has 3 N–H and O–H groups in total. The van der Waals surface area contributed by atoms with Crippen LogP contribution in [0.5, 0.6) is 0 Å². The van der Waals surface area contributed by atoms with Crippen LogP contribution >= 0.6 is 0 Å². The minimum absolute atomic E-state index is 0.102. The van der Waals surface area contributed by atoms with Crippen LogP contribution < -0.4 is 5.73 Å². The highest BCUT2D eigenvalue weighted by atomic mass is 19.1. The van der Waals surface area contributed by atoms with E-state index in [4.69, 9.17) is 15.7 Å². The molecule has 0 aliphatic heterocycles. The smallest absolute Gasteiger partial charge is 0.170 e. The van der Waals surface area contributed by atoms with Crippen LogP contribution in [0.1, 0.15) is 30.4 Å². The van der Waals surface area contributed by atoms with Gasteiger partial charge in [0, 0.05) is 17.7 Å². The summed E-state index contributed by atoms with van der Waals surface area (Å²) in [7, 11) is 0. The van der Waals surface area contributed by atoms with Crippen molar-refractivity contribution in [1.82, 2.24) is 0 Å². The van der Waals surface area contributed by atoms with E-state index < -0.39 is 5.82 Å². The van der Waals surface area contributed by atoms with Gasteiger partial charge < -0.3 is 15.7 Å². The lowest BCUT2D eigenvalue weighted by Crippen LogP contribution is -2.13. The molecule has 1 saturated carbocycles. The number of oxime groups is 1. The summed E-state index contributed by atoms with van der Waals surface area (Å²) in [6.45, 7) is 0.932. The van der Waals surface area contributed by atoms with E-state index in [1.807, 2.05) is 0 Å². The van der Waals surface area contributed by atoms with Crippen LogP contribution in [-0.4, -0.2) is 17.6 Å². The number of nitrogens with zero attached hydrogens (tertiary/aromatic N) is 1. The van der Waals surface area contributed by atoms with Gasteiger partial charge in [-0.25, -0.2) is 4.39 Å². The first-order chi connectivity index (χ1) is 8.70. The molecule has 1 aliphatic rings. The Kier molecular flexibility index (Phi) is 4.15. The Balaban J connectivity index is 1.87. The van der Waals surface area contributed by atoms with Crippen LogP contribution in [0.3, 0.4) is 0 Å².